The minimum Gasteiger partial charge on any atom is -0.456 e. The van der Waals surface area contributed by atoms with Gasteiger partial charge in [-0.3, -0.25) is 14.4 Å². The lowest BCUT2D eigenvalue weighted by atomic mass is 10.00. The number of ketones is 1. The van der Waals surface area contributed by atoms with E-state index in [0.29, 0.717) is 4.88 Å². The lowest BCUT2D eigenvalue weighted by molar-refractivity contribution is -0.148. The molecule has 0 radical (unpaired) electrons. The van der Waals surface area contributed by atoms with Crippen molar-refractivity contribution in [3.63, 3.8) is 0 Å². The Labute approximate surface area is 173 Å². The summed E-state index contributed by atoms with van der Waals surface area (Å²) in [5.41, 5.74) is 1.000. The summed E-state index contributed by atoms with van der Waals surface area (Å²) in [4.78, 5) is 37.8. The highest BCUT2D eigenvalue weighted by molar-refractivity contribution is 7.14. The van der Waals surface area contributed by atoms with E-state index in [1.165, 1.54) is 11.3 Å². The molecule has 0 aliphatic rings. The van der Waals surface area contributed by atoms with Crippen molar-refractivity contribution in [2.75, 3.05) is 6.61 Å². The number of rotatable bonds is 8. The quantitative estimate of drug-likeness (QED) is 0.436. The summed E-state index contributed by atoms with van der Waals surface area (Å²) in [5, 5.41) is 5.03. The molecule has 3 rings (SSSR count). The maximum atomic E-state index is 12.2. The summed E-state index contributed by atoms with van der Waals surface area (Å²) < 4.78 is 5.02. The van der Waals surface area contributed by atoms with Gasteiger partial charge in [0.05, 0.1) is 17.3 Å². The second kappa shape index (κ2) is 9.47. The number of aryl methyl sites for hydroxylation is 1. The lowest BCUT2D eigenvalue weighted by Crippen LogP contribution is -2.31. The lowest BCUT2D eigenvalue weighted by Gasteiger charge is -2.16. The van der Waals surface area contributed by atoms with E-state index >= 15 is 0 Å². The fraction of sp³-hybridized carbons (Fsp3) is 0.261. The van der Waals surface area contributed by atoms with Crippen molar-refractivity contribution in [3.8, 4) is 0 Å². The number of amides is 1. The summed E-state index contributed by atoms with van der Waals surface area (Å²) in [6.45, 7) is 3.46. The Hall–Kier alpha value is -2.99. The maximum Gasteiger partial charge on any atom is 0.306 e. The summed E-state index contributed by atoms with van der Waals surface area (Å²) in [7, 11) is 0. The third kappa shape index (κ3) is 5.51. The second-order valence-electron chi connectivity index (χ2n) is 6.85. The van der Waals surface area contributed by atoms with E-state index in [2.05, 4.69) is 5.32 Å². The van der Waals surface area contributed by atoms with Crippen LogP contribution in [0.5, 0.6) is 0 Å². The first-order valence-electron chi connectivity index (χ1n) is 9.46. The Balaban J connectivity index is 1.46. The fourth-order valence-electron chi connectivity index (χ4n) is 3.13. The van der Waals surface area contributed by atoms with Crippen molar-refractivity contribution in [2.45, 2.75) is 32.7 Å². The van der Waals surface area contributed by atoms with Crippen LogP contribution in [0, 0.1) is 6.92 Å². The number of carbonyl (C=O) groups excluding carboxylic acids is 3. The van der Waals surface area contributed by atoms with Crippen LogP contribution in [0.25, 0.3) is 10.8 Å². The highest BCUT2D eigenvalue weighted by Crippen LogP contribution is 2.24. The molecule has 0 saturated carbocycles. The van der Waals surface area contributed by atoms with Crippen LogP contribution in [0.2, 0.25) is 0 Å². The van der Waals surface area contributed by atoms with E-state index in [4.69, 9.17) is 4.74 Å². The summed E-state index contributed by atoms with van der Waals surface area (Å²) in [5.74, 6) is -1.02. The van der Waals surface area contributed by atoms with Crippen LogP contribution in [0.1, 0.15) is 45.9 Å². The van der Waals surface area contributed by atoms with Crippen LogP contribution in [0.4, 0.5) is 0 Å². The zero-order valence-electron chi connectivity index (χ0n) is 16.4. The predicted molar refractivity (Wildman–Crippen MR) is 114 cm³/mol. The van der Waals surface area contributed by atoms with Crippen molar-refractivity contribution >= 4 is 39.8 Å². The van der Waals surface area contributed by atoms with Gasteiger partial charge in [-0.15, -0.1) is 11.3 Å². The van der Waals surface area contributed by atoms with Crippen LogP contribution in [0.15, 0.2) is 54.6 Å². The molecule has 1 heterocycles. The third-order valence-electron chi connectivity index (χ3n) is 4.60. The number of Topliss-reactive ketones (excluding diaryl/α,β-unsaturated/α-hetero) is 1. The number of hydrogen-bond acceptors (Lipinski definition) is 5. The van der Waals surface area contributed by atoms with Gasteiger partial charge in [0.15, 0.2) is 12.4 Å². The van der Waals surface area contributed by atoms with Crippen LogP contribution in [-0.2, 0) is 14.3 Å². The number of nitrogens with one attached hydrogen (secondary N) is 1. The number of esters is 1. The van der Waals surface area contributed by atoms with Gasteiger partial charge in [0.25, 0.3) is 5.91 Å². The number of carbonyl (C=O) groups is 3. The van der Waals surface area contributed by atoms with E-state index in [-0.39, 0.29) is 37.2 Å². The molecular formula is C23H23NO4S. The maximum absolute atomic E-state index is 12.2. The molecule has 1 N–H and O–H groups in total. The second-order valence-corrected chi connectivity index (χ2v) is 8.14. The van der Waals surface area contributed by atoms with E-state index in [9.17, 15) is 14.4 Å². The Morgan fingerprint density at radius 3 is 2.52 bits per heavy atom. The molecule has 1 atom stereocenters. The molecular weight excluding hydrogens is 386 g/mol. The first kappa shape index (κ1) is 20.7. The van der Waals surface area contributed by atoms with Gasteiger partial charge >= 0.3 is 5.97 Å². The summed E-state index contributed by atoms with van der Waals surface area (Å²) in [6, 6.07) is 17.3. The number of benzene rings is 2. The molecule has 2 aromatic carbocycles. The van der Waals surface area contributed by atoms with Gasteiger partial charge < -0.3 is 10.1 Å². The van der Waals surface area contributed by atoms with Crippen LogP contribution in [-0.4, -0.2) is 24.3 Å². The largest absolute Gasteiger partial charge is 0.456 e. The Kier molecular flexibility index (Phi) is 6.77. The van der Waals surface area contributed by atoms with Crippen molar-refractivity contribution in [2.24, 2.45) is 0 Å². The number of fused-ring (bicyclic) bond motifs is 1. The minimum atomic E-state index is -0.556. The Morgan fingerprint density at radius 2 is 1.76 bits per heavy atom. The molecule has 5 nitrogen and oxygen atoms in total. The van der Waals surface area contributed by atoms with Crippen LogP contribution < -0.4 is 5.32 Å². The highest BCUT2D eigenvalue weighted by Gasteiger charge is 2.15. The normalized spacial score (nSPS) is 11.8. The zero-order chi connectivity index (χ0) is 20.8. The van der Waals surface area contributed by atoms with Crippen LogP contribution in [0.3, 0.4) is 0 Å². The van der Waals surface area contributed by atoms with Crippen molar-refractivity contribution < 1.29 is 19.1 Å². The Bertz CT molecular complexity index is 1030. The van der Waals surface area contributed by atoms with E-state index < -0.39 is 5.97 Å². The van der Waals surface area contributed by atoms with Gasteiger partial charge in [0.1, 0.15) is 0 Å². The van der Waals surface area contributed by atoms with E-state index in [1.807, 2.05) is 62.4 Å². The molecule has 1 aromatic heterocycles. The molecule has 0 aliphatic heterocycles. The average molecular weight is 410 g/mol. The van der Waals surface area contributed by atoms with Gasteiger partial charge in [0, 0.05) is 11.3 Å². The molecule has 0 bridgehead atoms. The van der Waals surface area contributed by atoms with E-state index in [1.54, 1.807) is 6.07 Å². The molecule has 0 unspecified atom stereocenters. The fourth-order valence-corrected chi connectivity index (χ4v) is 3.97. The van der Waals surface area contributed by atoms with Crippen molar-refractivity contribution in [1.82, 2.24) is 5.32 Å². The molecule has 1 amide bonds. The molecule has 3 aromatic rings. The molecule has 0 fully saturated rings. The number of hydrogen-bond donors (Lipinski definition) is 1. The van der Waals surface area contributed by atoms with Gasteiger partial charge in [-0.05, 0) is 42.3 Å². The predicted octanol–water partition coefficient (Wildman–Crippen LogP) is 4.59. The summed E-state index contributed by atoms with van der Waals surface area (Å²) in [6.07, 6.45) is 0.0365. The van der Waals surface area contributed by atoms with Crippen molar-refractivity contribution in [1.29, 1.82) is 0 Å². The molecule has 0 aliphatic carbocycles. The molecule has 0 spiro atoms. The monoisotopic (exact) mass is 409 g/mol. The molecule has 29 heavy (non-hydrogen) atoms. The topological polar surface area (TPSA) is 72.5 Å². The SMILES string of the molecule is Cc1ccc(C(=O)CCC(=O)OCC(=O)N[C@H](C)c2cccc3ccccc23)s1. The average Bonchev–Trinajstić information content (AvgIpc) is 3.16. The molecule has 150 valence electrons. The van der Waals surface area contributed by atoms with Gasteiger partial charge in [0.2, 0.25) is 0 Å². The van der Waals surface area contributed by atoms with Gasteiger partial charge in [-0.1, -0.05) is 42.5 Å². The van der Waals surface area contributed by atoms with Crippen LogP contribution >= 0.6 is 11.3 Å². The minimum absolute atomic E-state index is 0.0397. The first-order valence-corrected chi connectivity index (χ1v) is 10.3. The smallest absolute Gasteiger partial charge is 0.306 e. The summed E-state index contributed by atoms with van der Waals surface area (Å²) >= 11 is 1.41. The Morgan fingerprint density at radius 1 is 1.00 bits per heavy atom. The third-order valence-corrected chi connectivity index (χ3v) is 5.64. The zero-order valence-corrected chi connectivity index (χ0v) is 17.3. The number of thiophene rings is 1. The van der Waals surface area contributed by atoms with Gasteiger partial charge in [-0.25, -0.2) is 0 Å². The molecule has 0 saturated heterocycles. The van der Waals surface area contributed by atoms with E-state index in [0.717, 1.165) is 21.2 Å². The standard InChI is InChI=1S/C23H23NO4S/c1-15-10-12-21(29-15)20(25)11-13-23(27)28-14-22(26)24-16(2)18-9-5-7-17-6-3-4-8-19(17)18/h3-10,12,16H,11,13-14H2,1-2H3,(H,24,26)/t16-/m1/s1. The highest BCUT2D eigenvalue weighted by atomic mass is 32.1. The van der Waals surface area contributed by atoms with Crippen molar-refractivity contribution in [3.05, 3.63) is 69.9 Å². The molecule has 6 heteroatoms. The first-order chi connectivity index (χ1) is 13.9. The van der Waals surface area contributed by atoms with Gasteiger partial charge in [-0.2, -0.15) is 0 Å². The number of ether oxygens (including phenoxy) is 1.